The number of rotatable bonds is 6. The minimum atomic E-state index is -0.184. The van der Waals surface area contributed by atoms with Gasteiger partial charge in [-0.25, -0.2) is 9.98 Å². The van der Waals surface area contributed by atoms with Gasteiger partial charge in [-0.3, -0.25) is 9.69 Å². The zero-order chi connectivity index (χ0) is 23.5. The second-order valence-corrected chi connectivity index (χ2v) is 9.46. The van der Waals surface area contributed by atoms with Crippen LogP contribution in [0.25, 0.3) is 16.3 Å². The number of benzene rings is 3. The maximum atomic E-state index is 13.4. The number of aliphatic imine (C=N–C) groups is 1. The molecule has 1 aromatic heterocycles. The van der Waals surface area contributed by atoms with Crippen molar-refractivity contribution in [2.24, 2.45) is 4.99 Å². The number of anilines is 1. The van der Waals surface area contributed by atoms with E-state index >= 15 is 0 Å². The molecule has 0 radical (unpaired) electrons. The first kappa shape index (κ1) is 22.2. The minimum absolute atomic E-state index is 0.184. The average molecular weight is 488 g/mol. The zero-order valence-electron chi connectivity index (χ0n) is 18.6. The Bertz CT molecular complexity index is 1380. The Labute approximate surface area is 205 Å². The molecule has 0 saturated heterocycles. The number of thioether (sulfide) groups is 1. The molecule has 5 rings (SSSR count). The Morgan fingerprint density at radius 1 is 0.971 bits per heavy atom. The van der Waals surface area contributed by atoms with Gasteiger partial charge in [0.05, 0.1) is 35.9 Å². The van der Waals surface area contributed by atoms with Gasteiger partial charge in [-0.05, 0) is 48.0 Å². The first-order chi connectivity index (χ1) is 16.6. The number of carbonyl (C=O) groups excluding carboxylic acids is 1. The summed E-state index contributed by atoms with van der Waals surface area (Å²) < 4.78 is 11.7. The van der Waals surface area contributed by atoms with Crippen LogP contribution < -0.4 is 14.4 Å². The van der Waals surface area contributed by atoms with Crippen molar-refractivity contribution in [2.75, 3.05) is 19.1 Å². The number of thiazole rings is 1. The molecule has 6 nitrogen and oxygen atoms in total. The highest BCUT2D eigenvalue weighted by Gasteiger charge is 2.32. The fraction of sp³-hybridized carbons (Fsp3) is 0.115. The quantitative estimate of drug-likeness (QED) is 0.313. The van der Waals surface area contributed by atoms with Crippen LogP contribution in [0.1, 0.15) is 10.6 Å². The molecule has 170 valence electrons. The molecule has 1 aliphatic rings. The summed E-state index contributed by atoms with van der Waals surface area (Å²) in [6, 6.07) is 23.0. The van der Waals surface area contributed by atoms with Crippen molar-refractivity contribution in [3.8, 4) is 11.5 Å². The Balaban J connectivity index is 1.47. The van der Waals surface area contributed by atoms with Crippen LogP contribution in [-0.2, 0) is 10.5 Å². The van der Waals surface area contributed by atoms with Crippen LogP contribution in [0, 0.1) is 0 Å². The minimum Gasteiger partial charge on any atom is -0.497 e. The van der Waals surface area contributed by atoms with Crippen molar-refractivity contribution >= 4 is 56.2 Å². The van der Waals surface area contributed by atoms with E-state index in [0.717, 1.165) is 26.5 Å². The molecule has 34 heavy (non-hydrogen) atoms. The molecule has 0 N–H and O–H groups in total. The van der Waals surface area contributed by atoms with Gasteiger partial charge in [-0.1, -0.05) is 42.1 Å². The van der Waals surface area contributed by atoms with Crippen LogP contribution in [0.2, 0.25) is 0 Å². The lowest BCUT2D eigenvalue weighted by Gasteiger charge is -2.18. The van der Waals surface area contributed by atoms with Crippen molar-refractivity contribution < 1.29 is 14.3 Å². The fourth-order valence-corrected chi connectivity index (χ4v) is 5.51. The maximum Gasteiger partial charge on any atom is 0.283 e. The van der Waals surface area contributed by atoms with Gasteiger partial charge in [0.1, 0.15) is 22.2 Å². The third kappa shape index (κ3) is 4.55. The van der Waals surface area contributed by atoms with E-state index in [-0.39, 0.29) is 5.91 Å². The monoisotopic (exact) mass is 487 g/mol. The summed E-state index contributed by atoms with van der Waals surface area (Å²) in [6.07, 6.45) is 1.79. The summed E-state index contributed by atoms with van der Waals surface area (Å²) in [5, 5.41) is 1.59. The third-order valence-electron chi connectivity index (χ3n) is 5.22. The predicted molar refractivity (Wildman–Crippen MR) is 140 cm³/mol. The molecule has 0 saturated carbocycles. The van der Waals surface area contributed by atoms with E-state index < -0.39 is 0 Å². The lowest BCUT2D eigenvalue weighted by Crippen LogP contribution is -2.30. The van der Waals surface area contributed by atoms with Crippen LogP contribution in [0.4, 0.5) is 5.69 Å². The first-order valence-electron chi connectivity index (χ1n) is 10.5. The molecule has 2 heterocycles. The predicted octanol–water partition coefficient (Wildman–Crippen LogP) is 5.99. The first-order valence-corrected chi connectivity index (χ1v) is 12.3. The van der Waals surface area contributed by atoms with Gasteiger partial charge in [0.2, 0.25) is 0 Å². The summed E-state index contributed by atoms with van der Waals surface area (Å²) in [6.45, 7) is 0. The molecule has 0 spiro atoms. The number of nitrogens with zero attached hydrogens (tertiary/aromatic N) is 3. The Kier molecular flexibility index (Phi) is 6.33. The second kappa shape index (κ2) is 9.70. The highest BCUT2D eigenvalue weighted by molar-refractivity contribution is 8.13. The molecule has 0 unspecified atom stereocenters. The van der Waals surface area contributed by atoms with E-state index in [1.165, 1.54) is 11.8 Å². The number of carbonyl (C=O) groups is 1. The van der Waals surface area contributed by atoms with E-state index in [2.05, 4.69) is 6.07 Å². The molecule has 0 aliphatic carbocycles. The molecule has 3 aromatic carbocycles. The smallest absolute Gasteiger partial charge is 0.283 e. The van der Waals surface area contributed by atoms with Crippen molar-refractivity contribution in [1.82, 2.24) is 4.98 Å². The maximum absolute atomic E-state index is 13.4. The SMILES string of the molecule is COc1ccc(/C=C2\N=C(SCc3nc4ccccc4s3)N(c3cccc(OC)c3)C2=O)cc1. The Hall–Kier alpha value is -3.62. The average Bonchev–Trinajstić information content (AvgIpc) is 3.43. The Morgan fingerprint density at radius 3 is 2.53 bits per heavy atom. The van der Waals surface area contributed by atoms with Gasteiger partial charge in [-0.2, -0.15) is 0 Å². The third-order valence-corrected chi connectivity index (χ3v) is 7.39. The summed E-state index contributed by atoms with van der Waals surface area (Å²) in [5.74, 6) is 1.86. The van der Waals surface area contributed by atoms with Gasteiger partial charge in [0.25, 0.3) is 5.91 Å². The van der Waals surface area contributed by atoms with Crippen LogP contribution in [-0.4, -0.2) is 30.3 Å². The number of para-hydroxylation sites is 1. The van der Waals surface area contributed by atoms with Crippen LogP contribution >= 0.6 is 23.1 Å². The van der Waals surface area contributed by atoms with Crippen molar-refractivity contribution in [3.05, 3.63) is 89.1 Å². The number of fused-ring (bicyclic) bond motifs is 1. The second-order valence-electron chi connectivity index (χ2n) is 7.40. The molecule has 4 aromatic rings. The van der Waals surface area contributed by atoms with Gasteiger partial charge in [0, 0.05) is 6.07 Å². The highest BCUT2D eigenvalue weighted by Crippen LogP contribution is 2.33. The summed E-state index contributed by atoms with van der Waals surface area (Å²) in [7, 11) is 3.23. The fourth-order valence-electron chi connectivity index (χ4n) is 3.54. The molecular weight excluding hydrogens is 466 g/mol. The van der Waals surface area contributed by atoms with E-state index in [4.69, 9.17) is 19.5 Å². The van der Waals surface area contributed by atoms with Gasteiger partial charge < -0.3 is 9.47 Å². The van der Waals surface area contributed by atoms with Crippen molar-refractivity contribution in [1.29, 1.82) is 0 Å². The normalized spacial score (nSPS) is 14.6. The molecule has 1 aliphatic heterocycles. The number of aromatic nitrogens is 1. The number of methoxy groups -OCH3 is 2. The molecule has 8 heteroatoms. The molecule has 0 bridgehead atoms. The van der Waals surface area contributed by atoms with E-state index in [1.807, 2.05) is 66.7 Å². The van der Waals surface area contributed by atoms with E-state index in [1.54, 1.807) is 36.5 Å². The summed E-state index contributed by atoms with van der Waals surface area (Å²) in [4.78, 5) is 24.5. The number of ether oxygens (including phenoxy) is 2. The summed E-state index contributed by atoms with van der Waals surface area (Å²) >= 11 is 3.15. The van der Waals surface area contributed by atoms with Crippen molar-refractivity contribution in [3.63, 3.8) is 0 Å². The standard InChI is InChI=1S/C26H21N3O3S2/c1-31-19-12-10-17(11-13-19)14-22-25(30)29(18-6-5-7-20(15-18)32-2)26(28-22)33-16-24-27-21-8-3-4-9-23(21)34-24/h3-15H,16H2,1-2H3/b22-14-. The van der Waals surface area contributed by atoms with E-state index in [9.17, 15) is 4.79 Å². The lowest BCUT2D eigenvalue weighted by molar-refractivity contribution is -0.113. The molecular formula is C26H21N3O3S2. The highest BCUT2D eigenvalue weighted by atomic mass is 32.2. The molecule has 1 amide bonds. The zero-order valence-corrected chi connectivity index (χ0v) is 20.2. The largest absolute Gasteiger partial charge is 0.497 e. The molecule has 0 atom stereocenters. The lowest BCUT2D eigenvalue weighted by atomic mass is 10.2. The Morgan fingerprint density at radius 2 is 1.76 bits per heavy atom. The molecule has 0 fully saturated rings. The van der Waals surface area contributed by atoms with E-state index in [0.29, 0.717) is 28.1 Å². The van der Waals surface area contributed by atoms with Crippen LogP contribution in [0.5, 0.6) is 11.5 Å². The van der Waals surface area contributed by atoms with Gasteiger partial charge >= 0.3 is 0 Å². The number of hydrogen-bond donors (Lipinski definition) is 0. The number of amides is 1. The number of hydrogen-bond acceptors (Lipinski definition) is 7. The summed E-state index contributed by atoms with van der Waals surface area (Å²) in [5.41, 5.74) is 2.94. The topological polar surface area (TPSA) is 64.0 Å². The van der Waals surface area contributed by atoms with Gasteiger partial charge in [0.15, 0.2) is 5.17 Å². The van der Waals surface area contributed by atoms with Crippen molar-refractivity contribution in [2.45, 2.75) is 5.75 Å². The van der Waals surface area contributed by atoms with Crippen LogP contribution in [0.3, 0.4) is 0 Å². The van der Waals surface area contributed by atoms with Crippen LogP contribution in [0.15, 0.2) is 83.5 Å². The number of amidine groups is 1. The van der Waals surface area contributed by atoms with Gasteiger partial charge in [-0.15, -0.1) is 11.3 Å².